The number of nitrogens with zero attached hydrogens (tertiary/aromatic N) is 3. The van der Waals surface area contributed by atoms with Crippen LogP contribution in [0.3, 0.4) is 0 Å². The highest BCUT2D eigenvalue weighted by molar-refractivity contribution is 7.60. The van der Waals surface area contributed by atoms with Crippen molar-refractivity contribution >= 4 is 37.6 Å². The van der Waals surface area contributed by atoms with Gasteiger partial charge in [0.1, 0.15) is 0 Å². The van der Waals surface area contributed by atoms with Gasteiger partial charge in [-0.1, -0.05) is 38.5 Å². The maximum atomic E-state index is 12.4. The minimum atomic E-state index is -4.25. The van der Waals surface area contributed by atoms with E-state index in [2.05, 4.69) is 22.2 Å². The van der Waals surface area contributed by atoms with Crippen LogP contribution in [0.15, 0.2) is 58.8 Å². The average Bonchev–Trinajstić information content (AvgIpc) is 2.88. The summed E-state index contributed by atoms with van der Waals surface area (Å²) in [7, 11) is -5.05. The number of hydrogen-bond acceptors (Lipinski definition) is 7. The molecule has 0 heterocycles. The van der Waals surface area contributed by atoms with Gasteiger partial charge in [-0.05, 0) is 75.2 Å². The normalized spacial score (nSPS) is 12.3. The lowest BCUT2D eigenvalue weighted by Gasteiger charge is -2.19. The molecule has 212 valence electrons. The van der Waals surface area contributed by atoms with Crippen molar-refractivity contribution < 1.29 is 28.0 Å². The Bertz CT molecular complexity index is 1050. The van der Waals surface area contributed by atoms with E-state index in [-0.39, 0.29) is 5.30 Å². The summed E-state index contributed by atoms with van der Waals surface area (Å²) in [6.45, 7) is 5.52. The number of rotatable bonds is 19. The van der Waals surface area contributed by atoms with Crippen LogP contribution in [0.25, 0.3) is 0 Å². The van der Waals surface area contributed by atoms with Gasteiger partial charge in [0.15, 0.2) is 0 Å². The van der Waals surface area contributed by atoms with Crippen molar-refractivity contribution in [3.05, 3.63) is 48.5 Å². The van der Waals surface area contributed by atoms with Crippen molar-refractivity contribution in [2.24, 2.45) is 10.2 Å². The highest BCUT2D eigenvalue weighted by atomic mass is 31.2. The molecule has 9 nitrogen and oxygen atoms in total. The van der Waals surface area contributed by atoms with Crippen LogP contribution in [-0.2, 0) is 18.2 Å². The molecule has 2 aromatic rings. The molecule has 0 aliphatic rings. The SMILES string of the molecule is CCOP(=O)(CCCCCCCCCCN(C)c1ccc(N=Nc2ccc(P(=O)(O)O)cc2)cc1)OCC. The van der Waals surface area contributed by atoms with Crippen LogP contribution in [-0.4, -0.2) is 42.8 Å². The standard InChI is InChI=1S/C27H43N3O6P2/c1-4-35-37(31,36-5-2)23-13-11-9-7-6-8-10-12-22-30(3)26-18-14-24(15-19-26)28-29-25-16-20-27(21-17-25)38(32,33)34/h14-21H,4-13,22-23H2,1-3H3,(H2,32,33,34). The van der Waals surface area contributed by atoms with Gasteiger partial charge in [0.25, 0.3) is 0 Å². The van der Waals surface area contributed by atoms with E-state index in [0.29, 0.717) is 30.8 Å². The van der Waals surface area contributed by atoms with E-state index in [9.17, 15) is 18.9 Å². The fraction of sp³-hybridized carbons (Fsp3) is 0.556. The van der Waals surface area contributed by atoms with Crippen LogP contribution >= 0.6 is 15.2 Å². The molecule has 0 amide bonds. The van der Waals surface area contributed by atoms with Crippen LogP contribution in [0.2, 0.25) is 0 Å². The maximum absolute atomic E-state index is 12.4. The van der Waals surface area contributed by atoms with Crippen molar-refractivity contribution in [1.29, 1.82) is 0 Å². The molecule has 0 unspecified atom stereocenters. The number of anilines is 1. The predicted octanol–water partition coefficient (Wildman–Crippen LogP) is 7.73. The lowest BCUT2D eigenvalue weighted by Crippen LogP contribution is -2.18. The Morgan fingerprint density at radius 1 is 0.711 bits per heavy atom. The largest absolute Gasteiger partial charge is 0.375 e. The summed E-state index contributed by atoms with van der Waals surface area (Å²) in [4.78, 5) is 20.6. The third kappa shape index (κ3) is 12.3. The summed E-state index contributed by atoms with van der Waals surface area (Å²) < 4.78 is 34.4. The first kappa shape index (κ1) is 32.4. The van der Waals surface area contributed by atoms with Crippen molar-refractivity contribution in [3.8, 4) is 0 Å². The summed E-state index contributed by atoms with van der Waals surface area (Å²) in [5.41, 5.74) is 2.35. The molecular formula is C27H43N3O6P2. The molecule has 0 saturated heterocycles. The molecule has 2 aromatic carbocycles. The van der Waals surface area contributed by atoms with Gasteiger partial charge >= 0.3 is 15.2 Å². The first-order valence-corrected chi connectivity index (χ1v) is 16.8. The first-order chi connectivity index (χ1) is 18.2. The van der Waals surface area contributed by atoms with Gasteiger partial charge in [0.05, 0.1) is 36.1 Å². The molecule has 0 aromatic heterocycles. The lowest BCUT2D eigenvalue weighted by atomic mass is 10.1. The topological polar surface area (TPSA) is 121 Å². The average molecular weight is 568 g/mol. The molecule has 11 heteroatoms. The Balaban J connectivity index is 1.60. The van der Waals surface area contributed by atoms with Crippen molar-refractivity contribution in [1.82, 2.24) is 0 Å². The number of benzene rings is 2. The van der Waals surface area contributed by atoms with Crippen molar-refractivity contribution in [2.45, 2.75) is 65.2 Å². The second kappa shape index (κ2) is 17.0. The lowest BCUT2D eigenvalue weighted by molar-refractivity contribution is 0.219. The monoisotopic (exact) mass is 567 g/mol. The zero-order valence-corrected chi connectivity index (χ0v) is 24.7. The van der Waals surface area contributed by atoms with Crippen LogP contribution in [0.5, 0.6) is 0 Å². The van der Waals surface area contributed by atoms with E-state index in [1.54, 1.807) is 0 Å². The van der Waals surface area contributed by atoms with Crippen LogP contribution in [0.4, 0.5) is 17.1 Å². The molecule has 0 radical (unpaired) electrons. The molecule has 0 spiro atoms. The van der Waals surface area contributed by atoms with Gasteiger partial charge in [0.2, 0.25) is 0 Å². The fourth-order valence-electron chi connectivity index (χ4n) is 4.01. The molecule has 38 heavy (non-hydrogen) atoms. The van der Waals surface area contributed by atoms with Crippen LogP contribution in [0.1, 0.15) is 65.2 Å². The molecule has 0 bridgehead atoms. The van der Waals surface area contributed by atoms with Gasteiger partial charge in [-0.15, -0.1) is 0 Å². The fourth-order valence-corrected chi connectivity index (χ4v) is 6.27. The first-order valence-electron chi connectivity index (χ1n) is 13.4. The summed E-state index contributed by atoms with van der Waals surface area (Å²) >= 11 is 0. The Labute approximate surface area is 227 Å². The van der Waals surface area contributed by atoms with E-state index in [4.69, 9.17) is 9.05 Å². The minimum Gasteiger partial charge on any atom is -0.375 e. The summed E-state index contributed by atoms with van der Waals surface area (Å²) in [5.74, 6) is 0. The van der Waals surface area contributed by atoms with Gasteiger partial charge in [-0.25, -0.2) is 0 Å². The van der Waals surface area contributed by atoms with Gasteiger partial charge in [-0.2, -0.15) is 10.2 Å². The Morgan fingerprint density at radius 2 is 1.16 bits per heavy atom. The highest BCUT2D eigenvalue weighted by Gasteiger charge is 2.22. The number of hydrogen-bond donors (Lipinski definition) is 2. The van der Waals surface area contributed by atoms with Crippen LogP contribution < -0.4 is 10.2 Å². The quantitative estimate of drug-likeness (QED) is 0.101. The molecule has 0 aliphatic heterocycles. The van der Waals surface area contributed by atoms with E-state index in [1.165, 1.54) is 49.9 Å². The maximum Gasteiger partial charge on any atom is 0.356 e. The zero-order valence-electron chi connectivity index (χ0n) is 22.9. The van der Waals surface area contributed by atoms with E-state index in [0.717, 1.165) is 37.9 Å². The van der Waals surface area contributed by atoms with Crippen LogP contribution in [0, 0.1) is 0 Å². The second-order valence-electron chi connectivity index (χ2n) is 9.20. The molecule has 2 N–H and O–H groups in total. The molecular weight excluding hydrogens is 524 g/mol. The molecule has 0 aliphatic carbocycles. The summed E-state index contributed by atoms with van der Waals surface area (Å²) in [6.07, 6.45) is 9.59. The summed E-state index contributed by atoms with van der Waals surface area (Å²) in [6, 6.07) is 13.6. The van der Waals surface area contributed by atoms with Gasteiger partial charge in [-0.3, -0.25) is 9.13 Å². The molecule has 0 saturated carbocycles. The zero-order chi connectivity index (χ0) is 27.9. The van der Waals surface area contributed by atoms with Crippen molar-refractivity contribution in [3.63, 3.8) is 0 Å². The van der Waals surface area contributed by atoms with E-state index in [1.807, 2.05) is 38.1 Å². The smallest absolute Gasteiger partial charge is 0.356 e. The van der Waals surface area contributed by atoms with E-state index < -0.39 is 15.2 Å². The Kier molecular flexibility index (Phi) is 14.4. The third-order valence-electron chi connectivity index (χ3n) is 6.08. The van der Waals surface area contributed by atoms with Crippen molar-refractivity contribution in [2.75, 3.05) is 37.9 Å². The second-order valence-corrected chi connectivity index (χ2v) is 13.0. The summed E-state index contributed by atoms with van der Waals surface area (Å²) in [5, 5.41) is 8.30. The molecule has 0 fully saturated rings. The van der Waals surface area contributed by atoms with Gasteiger partial charge in [0, 0.05) is 19.3 Å². The predicted molar refractivity (Wildman–Crippen MR) is 155 cm³/mol. The number of unbranched alkanes of at least 4 members (excludes halogenated alkanes) is 7. The Morgan fingerprint density at radius 3 is 1.63 bits per heavy atom. The molecule has 2 rings (SSSR count). The Hall–Kier alpha value is -1.86. The minimum absolute atomic E-state index is 0.0374. The molecule has 0 atom stereocenters. The third-order valence-corrected chi connectivity index (χ3v) is 9.22. The van der Waals surface area contributed by atoms with E-state index >= 15 is 0 Å². The number of azo groups is 1. The van der Waals surface area contributed by atoms with Gasteiger partial charge < -0.3 is 23.7 Å². The highest BCUT2D eigenvalue weighted by Crippen LogP contribution is 2.48.